The zero-order valence-electron chi connectivity index (χ0n) is 14.3. The van der Waals surface area contributed by atoms with Crippen LogP contribution in [0.15, 0.2) is 64.3 Å². The van der Waals surface area contributed by atoms with E-state index in [4.69, 9.17) is 17.0 Å². The van der Waals surface area contributed by atoms with E-state index in [0.29, 0.717) is 16.4 Å². The molecule has 0 saturated heterocycles. The molecule has 0 radical (unpaired) electrons. The van der Waals surface area contributed by atoms with E-state index in [0.717, 1.165) is 21.5 Å². The first-order valence-corrected chi connectivity index (χ1v) is 9.17. The molecule has 1 aliphatic rings. The summed E-state index contributed by atoms with van der Waals surface area (Å²) in [7, 11) is 1.60. The van der Waals surface area contributed by atoms with Crippen molar-refractivity contribution in [3.8, 4) is 5.75 Å². The highest BCUT2D eigenvalue weighted by atomic mass is 79.9. The molecule has 3 N–H and O–H groups in total. The maximum atomic E-state index is 13.0. The third kappa shape index (κ3) is 4.05. The van der Waals surface area contributed by atoms with Crippen molar-refractivity contribution >= 4 is 44.9 Å². The second kappa shape index (κ2) is 7.88. The lowest BCUT2D eigenvalue weighted by atomic mass is 9.95. The molecule has 2 aromatic rings. The van der Waals surface area contributed by atoms with Crippen LogP contribution in [0.3, 0.4) is 0 Å². The van der Waals surface area contributed by atoms with Gasteiger partial charge in [0.05, 0.1) is 18.7 Å². The van der Waals surface area contributed by atoms with Gasteiger partial charge >= 0.3 is 0 Å². The van der Waals surface area contributed by atoms with Crippen LogP contribution in [0.25, 0.3) is 0 Å². The molecule has 1 amide bonds. The van der Waals surface area contributed by atoms with Crippen LogP contribution in [0.5, 0.6) is 5.75 Å². The Balaban J connectivity index is 1.91. The standard InChI is InChI=1S/C19H18BrN3O2S/c1-11-16(18(24)22-14-6-8-15(25-2)9-7-14)17(23-19(26)21-11)12-4-3-5-13(20)10-12/h3-10,17H,1-2H3,(H,22,24)(H2,21,23,26). The molecular formula is C19H18BrN3O2S. The first kappa shape index (κ1) is 18.4. The zero-order valence-corrected chi connectivity index (χ0v) is 16.7. The first-order valence-electron chi connectivity index (χ1n) is 7.97. The molecule has 134 valence electrons. The molecule has 1 heterocycles. The number of amides is 1. The Kier molecular flexibility index (Phi) is 5.58. The quantitative estimate of drug-likeness (QED) is 0.640. The Morgan fingerprint density at radius 3 is 2.62 bits per heavy atom. The summed E-state index contributed by atoms with van der Waals surface area (Å²) in [6, 6.07) is 14.7. The van der Waals surface area contributed by atoms with Gasteiger partial charge in [0.1, 0.15) is 5.75 Å². The molecule has 0 saturated carbocycles. The predicted octanol–water partition coefficient (Wildman–Crippen LogP) is 3.89. The molecule has 2 aromatic carbocycles. The highest BCUT2D eigenvalue weighted by molar-refractivity contribution is 9.10. The van der Waals surface area contributed by atoms with Gasteiger partial charge in [0.2, 0.25) is 0 Å². The van der Waals surface area contributed by atoms with Gasteiger partial charge in [-0.1, -0.05) is 28.1 Å². The predicted molar refractivity (Wildman–Crippen MR) is 110 cm³/mol. The van der Waals surface area contributed by atoms with Crippen LogP contribution in [-0.2, 0) is 4.79 Å². The van der Waals surface area contributed by atoms with Crippen molar-refractivity contribution in [1.82, 2.24) is 10.6 Å². The van der Waals surface area contributed by atoms with Crippen LogP contribution in [-0.4, -0.2) is 18.1 Å². The van der Waals surface area contributed by atoms with Gasteiger partial charge in [-0.3, -0.25) is 4.79 Å². The summed E-state index contributed by atoms with van der Waals surface area (Å²) in [5.74, 6) is 0.539. The van der Waals surface area contributed by atoms with Gasteiger partial charge in [-0.15, -0.1) is 0 Å². The summed E-state index contributed by atoms with van der Waals surface area (Å²) in [6.07, 6.45) is 0. The fourth-order valence-electron chi connectivity index (χ4n) is 2.80. The zero-order chi connectivity index (χ0) is 18.7. The third-order valence-electron chi connectivity index (χ3n) is 4.04. The molecule has 1 unspecified atom stereocenters. The molecule has 0 spiro atoms. The highest BCUT2D eigenvalue weighted by Crippen LogP contribution is 2.29. The van der Waals surface area contributed by atoms with E-state index in [-0.39, 0.29) is 11.9 Å². The summed E-state index contributed by atoms with van der Waals surface area (Å²) < 4.78 is 6.08. The topological polar surface area (TPSA) is 62.4 Å². The molecular weight excluding hydrogens is 414 g/mol. The number of nitrogens with one attached hydrogen (secondary N) is 3. The number of methoxy groups -OCH3 is 1. The van der Waals surface area contributed by atoms with Crippen LogP contribution in [0, 0.1) is 0 Å². The number of anilines is 1. The van der Waals surface area contributed by atoms with E-state index in [1.54, 1.807) is 31.4 Å². The average molecular weight is 432 g/mol. The van der Waals surface area contributed by atoms with Crippen molar-refractivity contribution in [2.45, 2.75) is 13.0 Å². The van der Waals surface area contributed by atoms with Crippen molar-refractivity contribution in [2.24, 2.45) is 0 Å². The summed E-state index contributed by atoms with van der Waals surface area (Å²) >= 11 is 8.75. The Bertz CT molecular complexity index is 881. The smallest absolute Gasteiger partial charge is 0.255 e. The molecule has 0 aliphatic carbocycles. The highest BCUT2D eigenvalue weighted by Gasteiger charge is 2.30. The summed E-state index contributed by atoms with van der Waals surface area (Å²) in [6.45, 7) is 1.85. The number of ether oxygens (including phenoxy) is 1. The summed E-state index contributed by atoms with van der Waals surface area (Å²) in [4.78, 5) is 13.0. The molecule has 3 rings (SSSR count). The largest absolute Gasteiger partial charge is 0.497 e. The number of carbonyl (C=O) groups is 1. The SMILES string of the molecule is COc1ccc(NC(=O)C2=C(C)NC(=S)NC2c2cccc(Br)c2)cc1. The van der Waals surface area contributed by atoms with Gasteiger partial charge in [-0.2, -0.15) is 0 Å². The summed E-state index contributed by atoms with van der Waals surface area (Å²) in [5, 5.41) is 9.65. The number of rotatable bonds is 4. The molecule has 1 aliphatic heterocycles. The molecule has 0 bridgehead atoms. The van der Waals surface area contributed by atoms with E-state index in [1.165, 1.54) is 0 Å². The lowest BCUT2D eigenvalue weighted by molar-refractivity contribution is -0.113. The van der Waals surface area contributed by atoms with Crippen LogP contribution in [0.1, 0.15) is 18.5 Å². The van der Waals surface area contributed by atoms with Gasteiger partial charge in [-0.05, 0) is 61.1 Å². The fourth-order valence-corrected chi connectivity index (χ4v) is 3.49. The van der Waals surface area contributed by atoms with E-state index >= 15 is 0 Å². The first-order chi connectivity index (χ1) is 12.5. The molecule has 0 aromatic heterocycles. The van der Waals surface area contributed by atoms with Gasteiger partial charge in [0.25, 0.3) is 5.91 Å². The number of thiocarbonyl (C=S) groups is 1. The Morgan fingerprint density at radius 1 is 1.23 bits per heavy atom. The average Bonchev–Trinajstić information content (AvgIpc) is 2.61. The van der Waals surface area contributed by atoms with Gasteiger partial charge in [-0.25, -0.2) is 0 Å². The number of allylic oxidation sites excluding steroid dienone is 1. The summed E-state index contributed by atoms with van der Waals surface area (Å²) in [5.41, 5.74) is 2.96. The van der Waals surface area contributed by atoms with Crippen LogP contribution >= 0.6 is 28.1 Å². The van der Waals surface area contributed by atoms with Crippen molar-refractivity contribution < 1.29 is 9.53 Å². The monoisotopic (exact) mass is 431 g/mol. The Hall–Kier alpha value is -2.38. The van der Waals surface area contributed by atoms with Crippen LogP contribution in [0.2, 0.25) is 0 Å². The van der Waals surface area contributed by atoms with Crippen molar-refractivity contribution in [3.63, 3.8) is 0 Å². The number of hydrogen-bond donors (Lipinski definition) is 3. The van der Waals surface area contributed by atoms with Crippen molar-refractivity contribution in [2.75, 3.05) is 12.4 Å². The maximum Gasteiger partial charge on any atom is 0.255 e. The van der Waals surface area contributed by atoms with Gasteiger partial charge < -0.3 is 20.7 Å². The normalized spacial score (nSPS) is 16.6. The minimum Gasteiger partial charge on any atom is -0.497 e. The lowest BCUT2D eigenvalue weighted by Gasteiger charge is -2.30. The van der Waals surface area contributed by atoms with Crippen molar-refractivity contribution in [3.05, 3.63) is 69.8 Å². The molecule has 5 nitrogen and oxygen atoms in total. The van der Waals surface area contributed by atoms with E-state index in [9.17, 15) is 4.79 Å². The molecule has 26 heavy (non-hydrogen) atoms. The lowest BCUT2D eigenvalue weighted by Crippen LogP contribution is -2.45. The van der Waals surface area contributed by atoms with Gasteiger partial charge in [0, 0.05) is 15.9 Å². The maximum absolute atomic E-state index is 13.0. The fraction of sp³-hybridized carbons (Fsp3) is 0.158. The van der Waals surface area contributed by atoms with Crippen molar-refractivity contribution in [1.29, 1.82) is 0 Å². The van der Waals surface area contributed by atoms with E-state index < -0.39 is 0 Å². The number of halogens is 1. The molecule has 7 heteroatoms. The van der Waals surface area contributed by atoms with Crippen LogP contribution < -0.4 is 20.7 Å². The molecule has 0 fully saturated rings. The second-order valence-electron chi connectivity index (χ2n) is 5.81. The number of benzene rings is 2. The second-order valence-corrected chi connectivity index (χ2v) is 7.13. The van der Waals surface area contributed by atoms with Crippen LogP contribution in [0.4, 0.5) is 5.69 Å². The van der Waals surface area contributed by atoms with Gasteiger partial charge in [0.15, 0.2) is 5.11 Å². The Morgan fingerprint density at radius 2 is 1.96 bits per heavy atom. The molecule has 1 atom stereocenters. The minimum atomic E-state index is -0.334. The third-order valence-corrected chi connectivity index (χ3v) is 4.76. The van der Waals surface area contributed by atoms with E-state index in [1.807, 2.05) is 31.2 Å². The minimum absolute atomic E-state index is 0.194. The number of carbonyl (C=O) groups excluding carboxylic acids is 1. The Labute approximate surface area is 165 Å². The number of hydrogen-bond acceptors (Lipinski definition) is 3. The van der Waals surface area contributed by atoms with E-state index in [2.05, 4.69) is 31.9 Å².